The van der Waals surface area contributed by atoms with Gasteiger partial charge in [0.15, 0.2) is 0 Å². The summed E-state index contributed by atoms with van der Waals surface area (Å²) in [6, 6.07) is 0. The summed E-state index contributed by atoms with van der Waals surface area (Å²) < 4.78 is 0. The Morgan fingerprint density at radius 2 is 2.24 bits per heavy atom. The second kappa shape index (κ2) is 4.32. The van der Waals surface area contributed by atoms with E-state index in [9.17, 15) is 4.79 Å². The molecule has 0 aromatic heterocycles. The van der Waals surface area contributed by atoms with Gasteiger partial charge in [-0.05, 0) is 56.3 Å². The normalized spacial score (nSPS) is 36.9. The van der Waals surface area contributed by atoms with Crippen molar-refractivity contribution in [1.82, 2.24) is 0 Å². The van der Waals surface area contributed by atoms with Crippen LogP contribution in [0.3, 0.4) is 0 Å². The lowest BCUT2D eigenvalue weighted by Crippen LogP contribution is -2.44. The van der Waals surface area contributed by atoms with E-state index in [0.717, 1.165) is 19.3 Å². The average Bonchev–Trinajstić information content (AvgIpc) is 2.26. The topological polar surface area (TPSA) is 37.3 Å². The van der Waals surface area contributed by atoms with E-state index in [-0.39, 0.29) is 0 Å². The number of carbonyl (C=O) groups is 1. The van der Waals surface area contributed by atoms with Gasteiger partial charge in [-0.2, -0.15) is 0 Å². The van der Waals surface area contributed by atoms with Gasteiger partial charge in [0.1, 0.15) is 0 Å². The summed E-state index contributed by atoms with van der Waals surface area (Å²) in [6.45, 7) is 8.59. The van der Waals surface area contributed by atoms with Crippen LogP contribution in [0.1, 0.15) is 46.0 Å². The SMILES string of the molecule is C=C(C)C1CCC1(C)C1CC=C(C(=O)O)CC1. The first-order chi connectivity index (χ1) is 7.95. The van der Waals surface area contributed by atoms with Crippen molar-refractivity contribution in [3.63, 3.8) is 0 Å². The van der Waals surface area contributed by atoms with Gasteiger partial charge in [-0.1, -0.05) is 25.2 Å². The van der Waals surface area contributed by atoms with Crippen LogP contribution in [0.25, 0.3) is 0 Å². The van der Waals surface area contributed by atoms with E-state index in [2.05, 4.69) is 20.4 Å². The Labute approximate surface area is 103 Å². The molecule has 0 amide bonds. The molecule has 0 bridgehead atoms. The Bertz CT molecular complexity index is 380. The van der Waals surface area contributed by atoms with Crippen LogP contribution in [0.2, 0.25) is 0 Å². The molecule has 2 aliphatic carbocycles. The van der Waals surface area contributed by atoms with Gasteiger partial charge >= 0.3 is 5.97 Å². The number of hydrogen-bond donors (Lipinski definition) is 1. The summed E-state index contributed by atoms with van der Waals surface area (Å²) in [5.74, 6) is 0.548. The standard InChI is InChI=1S/C15H22O2/c1-10(2)13-8-9-15(13,3)12-6-4-11(5-7-12)14(16)17/h4,12-13H,1,5-9H2,2-3H3,(H,16,17). The van der Waals surface area contributed by atoms with Crippen molar-refractivity contribution >= 4 is 5.97 Å². The largest absolute Gasteiger partial charge is 0.478 e. The maximum atomic E-state index is 10.9. The molecule has 0 aliphatic heterocycles. The summed E-state index contributed by atoms with van der Waals surface area (Å²) in [4.78, 5) is 10.9. The molecule has 0 heterocycles. The maximum Gasteiger partial charge on any atom is 0.331 e. The van der Waals surface area contributed by atoms with Crippen molar-refractivity contribution < 1.29 is 9.90 Å². The molecule has 2 nitrogen and oxygen atoms in total. The van der Waals surface area contributed by atoms with Crippen LogP contribution in [0.5, 0.6) is 0 Å². The zero-order valence-corrected chi connectivity index (χ0v) is 10.8. The highest BCUT2D eigenvalue weighted by Crippen LogP contribution is 2.57. The third kappa shape index (κ3) is 2.05. The first-order valence-corrected chi connectivity index (χ1v) is 6.53. The Morgan fingerprint density at radius 1 is 1.53 bits per heavy atom. The highest BCUT2D eigenvalue weighted by Gasteiger charge is 2.48. The monoisotopic (exact) mass is 234 g/mol. The van der Waals surface area contributed by atoms with Crippen molar-refractivity contribution in [2.75, 3.05) is 0 Å². The van der Waals surface area contributed by atoms with Crippen LogP contribution in [0, 0.1) is 17.3 Å². The molecular formula is C15H22O2. The second-order valence-electron chi connectivity index (χ2n) is 5.95. The molecule has 0 aromatic carbocycles. The van der Waals surface area contributed by atoms with Crippen LogP contribution >= 0.6 is 0 Å². The highest BCUT2D eigenvalue weighted by molar-refractivity contribution is 5.86. The minimum absolute atomic E-state index is 0.367. The number of allylic oxidation sites excluding steroid dienone is 2. The number of carboxylic acids is 1. The highest BCUT2D eigenvalue weighted by atomic mass is 16.4. The van der Waals surface area contributed by atoms with Crippen LogP contribution in [-0.2, 0) is 4.79 Å². The molecule has 1 N–H and O–H groups in total. The van der Waals surface area contributed by atoms with Crippen LogP contribution < -0.4 is 0 Å². The van der Waals surface area contributed by atoms with Crippen molar-refractivity contribution in [3.8, 4) is 0 Å². The van der Waals surface area contributed by atoms with E-state index in [1.165, 1.54) is 18.4 Å². The van der Waals surface area contributed by atoms with E-state index >= 15 is 0 Å². The van der Waals surface area contributed by atoms with Gasteiger partial charge in [-0.25, -0.2) is 4.79 Å². The zero-order valence-electron chi connectivity index (χ0n) is 10.8. The zero-order chi connectivity index (χ0) is 12.6. The van der Waals surface area contributed by atoms with Gasteiger partial charge in [0.2, 0.25) is 0 Å². The molecule has 94 valence electrons. The quantitative estimate of drug-likeness (QED) is 0.754. The molecule has 0 aromatic rings. The van der Waals surface area contributed by atoms with Crippen LogP contribution in [-0.4, -0.2) is 11.1 Å². The molecule has 2 heteroatoms. The van der Waals surface area contributed by atoms with Gasteiger partial charge in [-0.3, -0.25) is 0 Å². The molecule has 2 rings (SSSR count). The lowest BCUT2D eigenvalue weighted by Gasteiger charge is -2.53. The van der Waals surface area contributed by atoms with Gasteiger partial charge in [0.05, 0.1) is 0 Å². The van der Waals surface area contributed by atoms with E-state index in [0.29, 0.717) is 22.8 Å². The third-order valence-electron chi connectivity index (χ3n) is 4.98. The number of carboxylic acid groups (broad SMARTS) is 1. The van der Waals surface area contributed by atoms with E-state index in [1.54, 1.807) is 0 Å². The Morgan fingerprint density at radius 3 is 2.59 bits per heavy atom. The van der Waals surface area contributed by atoms with Crippen molar-refractivity contribution in [2.24, 2.45) is 17.3 Å². The fourth-order valence-corrected chi connectivity index (χ4v) is 3.67. The number of rotatable bonds is 3. The molecule has 1 saturated carbocycles. The number of hydrogen-bond acceptors (Lipinski definition) is 1. The minimum atomic E-state index is -0.737. The molecule has 0 saturated heterocycles. The van der Waals surface area contributed by atoms with E-state index in [4.69, 9.17) is 5.11 Å². The summed E-state index contributed by atoms with van der Waals surface area (Å²) in [5, 5.41) is 8.96. The van der Waals surface area contributed by atoms with Crippen molar-refractivity contribution in [3.05, 3.63) is 23.8 Å². The predicted octanol–water partition coefficient (Wildman–Crippen LogP) is 3.79. The summed E-state index contributed by atoms with van der Waals surface area (Å²) in [6.07, 6.45) is 7.16. The molecule has 0 spiro atoms. The Balaban J connectivity index is 2.06. The first-order valence-electron chi connectivity index (χ1n) is 6.53. The second-order valence-corrected chi connectivity index (χ2v) is 5.95. The van der Waals surface area contributed by atoms with Gasteiger partial charge in [0, 0.05) is 5.57 Å². The summed E-state index contributed by atoms with van der Waals surface area (Å²) in [7, 11) is 0. The van der Waals surface area contributed by atoms with Crippen molar-refractivity contribution in [2.45, 2.75) is 46.0 Å². The first kappa shape index (κ1) is 12.4. The lowest BCUT2D eigenvalue weighted by molar-refractivity contribution is -0.133. The molecule has 1 fully saturated rings. The molecule has 3 atom stereocenters. The molecule has 0 radical (unpaired) electrons. The fraction of sp³-hybridized carbons (Fsp3) is 0.667. The number of aliphatic carboxylic acids is 1. The fourth-order valence-electron chi connectivity index (χ4n) is 3.67. The van der Waals surface area contributed by atoms with Crippen LogP contribution in [0.4, 0.5) is 0 Å². The van der Waals surface area contributed by atoms with Gasteiger partial charge in [-0.15, -0.1) is 0 Å². The summed E-state index contributed by atoms with van der Waals surface area (Å²) >= 11 is 0. The smallest absolute Gasteiger partial charge is 0.331 e. The molecule has 2 aliphatic rings. The summed E-state index contributed by atoms with van der Waals surface area (Å²) in [5.41, 5.74) is 2.27. The predicted molar refractivity (Wildman–Crippen MR) is 68.7 cm³/mol. The molecule has 3 unspecified atom stereocenters. The van der Waals surface area contributed by atoms with E-state index in [1.807, 2.05) is 6.08 Å². The third-order valence-corrected chi connectivity index (χ3v) is 4.98. The minimum Gasteiger partial charge on any atom is -0.478 e. The van der Waals surface area contributed by atoms with Crippen LogP contribution in [0.15, 0.2) is 23.8 Å². The molecular weight excluding hydrogens is 212 g/mol. The van der Waals surface area contributed by atoms with Gasteiger partial charge < -0.3 is 5.11 Å². The maximum absolute atomic E-state index is 10.9. The Hall–Kier alpha value is -1.05. The van der Waals surface area contributed by atoms with E-state index < -0.39 is 5.97 Å². The average molecular weight is 234 g/mol. The lowest BCUT2D eigenvalue weighted by atomic mass is 9.51. The van der Waals surface area contributed by atoms with Crippen molar-refractivity contribution in [1.29, 1.82) is 0 Å². The molecule has 17 heavy (non-hydrogen) atoms. The van der Waals surface area contributed by atoms with Gasteiger partial charge in [0.25, 0.3) is 0 Å². The Kier molecular flexibility index (Phi) is 3.15.